The van der Waals surface area contributed by atoms with Gasteiger partial charge in [-0.05, 0) is 48.6 Å². The molecule has 1 aromatic heterocycles. The molecular weight excluding hydrogens is 366 g/mol. The molecule has 29 heavy (non-hydrogen) atoms. The zero-order valence-corrected chi connectivity index (χ0v) is 16.6. The first-order chi connectivity index (χ1) is 14.0. The average Bonchev–Trinajstić information content (AvgIpc) is 2.73. The molecule has 4 rings (SSSR count). The zero-order chi connectivity index (χ0) is 20.4. The first-order valence-electron chi connectivity index (χ1n) is 9.62. The Balaban J connectivity index is 1.59. The summed E-state index contributed by atoms with van der Waals surface area (Å²) >= 11 is 0. The van der Waals surface area contributed by atoms with E-state index in [1.54, 1.807) is 0 Å². The van der Waals surface area contributed by atoms with Crippen LogP contribution in [0.2, 0.25) is 0 Å². The van der Waals surface area contributed by atoms with Crippen molar-refractivity contribution in [3.05, 3.63) is 82.2 Å². The molecule has 1 N–H and O–H groups in total. The molecule has 6 nitrogen and oxygen atoms in total. The number of hydrogen-bond acceptors (Lipinski definition) is 5. The summed E-state index contributed by atoms with van der Waals surface area (Å²) in [5.41, 5.74) is 5.11. The Bertz CT molecular complexity index is 1060. The molecule has 148 valence electrons. The van der Waals surface area contributed by atoms with Gasteiger partial charge >= 0.3 is 5.97 Å². The lowest BCUT2D eigenvalue weighted by Crippen LogP contribution is -2.32. The van der Waals surface area contributed by atoms with Crippen molar-refractivity contribution in [2.45, 2.75) is 33.4 Å². The highest BCUT2D eigenvalue weighted by molar-refractivity contribution is 5.88. The van der Waals surface area contributed by atoms with Gasteiger partial charge in [0.15, 0.2) is 0 Å². The molecule has 3 aromatic rings. The quantitative estimate of drug-likeness (QED) is 0.713. The van der Waals surface area contributed by atoms with Crippen LogP contribution in [0.4, 0.5) is 5.95 Å². The molecule has 0 radical (unpaired) electrons. The van der Waals surface area contributed by atoms with Gasteiger partial charge in [0, 0.05) is 19.3 Å². The summed E-state index contributed by atoms with van der Waals surface area (Å²) in [5.74, 6) is 0.206. The Labute approximate surface area is 169 Å². The van der Waals surface area contributed by atoms with Crippen molar-refractivity contribution in [1.29, 1.82) is 0 Å². The van der Waals surface area contributed by atoms with Crippen molar-refractivity contribution in [1.82, 2.24) is 9.97 Å². The van der Waals surface area contributed by atoms with E-state index in [0.29, 0.717) is 18.2 Å². The molecule has 0 bridgehead atoms. The van der Waals surface area contributed by atoms with E-state index >= 15 is 0 Å². The molecule has 0 amide bonds. The fourth-order valence-electron chi connectivity index (χ4n) is 3.52. The van der Waals surface area contributed by atoms with Crippen LogP contribution in [0.15, 0.2) is 48.7 Å². The number of anilines is 1. The van der Waals surface area contributed by atoms with Crippen LogP contribution in [0.25, 0.3) is 0 Å². The molecule has 1 aliphatic heterocycles. The molecule has 6 heteroatoms. The van der Waals surface area contributed by atoms with Gasteiger partial charge in [0.1, 0.15) is 17.9 Å². The summed E-state index contributed by atoms with van der Waals surface area (Å²) in [6, 6.07) is 14.3. The van der Waals surface area contributed by atoms with Crippen LogP contribution in [0.3, 0.4) is 0 Å². The van der Waals surface area contributed by atoms with Gasteiger partial charge in [0.05, 0.1) is 5.69 Å². The van der Waals surface area contributed by atoms with Gasteiger partial charge in [-0.15, -0.1) is 0 Å². The highest BCUT2D eigenvalue weighted by Gasteiger charge is 2.21. The minimum atomic E-state index is -1.06. The fraction of sp³-hybridized carbons (Fsp3) is 0.261. The van der Waals surface area contributed by atoms with Crippen molar-refractivity contribution >= 4 is 11.9 Å². The molecular formula is C23H23N3O3. The van der Waals surface area contributed by atoms with Crippen molar-refractivity contribution in [2.24, 2.45) is 0 Å². The third-order valence-corrected chi connectivity index (χ3v) is 5.21. The average molecular weight is 389 g/mol. The standard InChI is InChI=1S/C23H23N3O3/c1-15-7-8-16(2)21(11-15)29-14-20-19(22(27)28)12-24-23(25-20)26-10-9-17-5-3-4-6-18(17)13-26/h3-8,11-12H,9-10,13-14H2,1-2H3,(H,27,28). The second-order valence-corrected chi connectivity index (χ2v) is 7.33. The van der Waals surface area contributed by atoms with E-state index in [1.165, 1.54) is 17.3 Å². The van der Waals surface area contributed by atoms with Gasteiger partial charge < -0.3 is 14.7 Å². The van der Waals surface area contributed by atoms with Crippen molar-refractivity contribution in [3.8, 4) is 5.75 Å². The van der Waals surface area contributed by atoms with Crippen LogP contribution >= 0.6 is 0 Å². The summed E-state index contributed by atoms with van der Waals surface area (Å²) in [6.45, 7) is 5.53. The van der Waals surface area contributed by atoms with Crippen LogP contribution in [0.1, 0.15) is 38.3 Å². The number of hydrogen-bond donors (Lipinski definition) is 1. The molecule has 0 spiro atoms. The van der Waals surface area contributed by atoms with E-state index in [2.05, 4.69) is 33.1 Å². The third kappa shape index (κ3) is 4.06. The number of aromatic nitrogens is 2. The highest BCUT2D eigenvalue weighted by atomic mass is 16.5. The molecule has 0 unspecified atom stereocenters. The summed E-state index contributed by atoms with van der Waals surface area (Å²) in [6.07, 6.45) is 2.29. The molecule has 1 aliphatic rings. The first-order valence-corrected chi connectivity index (χ1v) is 9.62. The Morgan fingerprint density at radius 3 is 2.76 bits per heavy atom. The normalized spacial score (nSPS) is 13.1. The lowest BCUT2D eigenvalue weighted by atomic mass is 10.0. The number of rotatable bonds is 5. The molecule has 0 atom stereocenters. The number of aromatic carboxylic acids is 1. The van der Waals surface area contributed by atoms with Crippen LogP contribution in [-0.2, 0) is 19.6 Å². The SMILES string of the molecule is Cc1ccc(C)c(OCc2nc(N3CCc4ccccc4C3)ncc2C(=O)O)c1. The predicted octanol–water partition coefficient (Wildman–Crippen LogP) is 3.93. The van der Waals surface area contributed by atoms with Gasteiger partial charge in [-0.3, -0.25) is 0 Å². The molecule has 0 aliphatic carbocycles. The lowest BCUT2D eigenvalue weighted by molar-refractivity contribution is 0.0692. The number of fused-ring (bicyclic) bond motifs is 1. The van der Waals surface area contributed by atoms with E-state index in [1.807, 2.05) is 38.1 Å². The number of ether oxygens (including phenoxy) is 1. The Morgan fingerprint density at radius 1 is 1.17 bits per heavy atom. The molecule has 0 saturated carbocycles. The summed E-state index contributed by atoms with van der Waals surface area (Å²) in [7, 11) is 0. The second-order valence-electron chi connectivity index (χ2n) is 7.33. The van der Waals surface area contributed by atoms with Gasteiger partial charge in [-0.2, -0.15) is 0 Å². The topological polar surface area (TPSA) is 75.5 Å². The van der Waals surface area contributed by atoms with Crippen LogP contribution < -0.4 is 9.64 Å². The smallest absolute Gasteiger partial charge is 0.339 e. The van der Waals surface area contributed by atoms with E-state index < -0.39 is 5.97 Å². The van der Waals surface area contributed by atoms with Crippen LogP contribution in [0.5, 0.6) is 5.75 Å². The number of carboxylic acids is 1. The number of carbonyl (C=O) groups is 1. The van der Waals surface area contributed by atoms with Crippen molar-refractivity contribution in [3.63, 3.8) is 0 Å². The van der Waals surface area contributed by atoms with E-state index in [9.17, 15) is 9.90 Å². The summed E-state index contributed by atoms with van der Waals surface area (Å²) in [4.78, 5) is 22.6. The summed E-state index contributed by atoms with van der Waals surface area (Å²) < 4.78 is 5.92. The Hall–Kier alpha value is -3.41. The van der Waals surface area contributed by atoms with Gasteiger partial charge in [0.25, 0.3) is 0 Å². The maximum absolute atomic E-state index is 11.7. The van der Waals surface area contributed by atoms with E-state index in [-0.39, 0.29) is 12.2 Å². The third-order valence-electron chi connectivity index (χ3n) is 5.21. The first kappa shape index (κ1) is 18.9. The fourth-order valence-corrected chi connectivity index (χ4v) is 3.52. The van der Waals surface area contributed by atoms with Crippen molar-refractivity contribution in [2.75, 3.05) is 11.4 Å². The number of nitrogens with zero attached hydrogens (tertiary/aromatic N) is 3. The number of aryl methyl sites for hydroxylation is 2. The monoisotopic (exact) mass is 389 g/mol. The molecule has 2 heterocycles. The minimum absolute atomic E-state index is 0.0662. The Morgan fingerprint density at radius 2 is 1.97 bits per heavy atom. The largest absolute Gasteiger partial charge is 0.487 e. The second kappa shape index (κ2) is 7.91. The minimum Gasteiger partial charge on any atom is -0.487 e. The van der Waals surface area contributed by atoms with Gasteiger partial charge in [-0.1, -0.05) is 36.4 Å². The Kier molecular flexibility index (Phi) is 5.16. The van der Waals surface area contributed by atoms with Crippen molar-refractivity contribution < 1.29 is 14.6 Å². The highest BCUT2D eigenvalue weighted by Crippen LogP contribution is 2.24. The molecule has 0 saturated heterocycles. The zero-order valence-electron chi connectivity index (χ0n) is 16.6. The number of benzene rings is 2. The van der Waals surface area contributed by atoms with Crippen LogP contribution in [-0.4, -0.2) is 27.6 Å². The van der Waals surface area contributed by atoms with Crippen LogP contribution in [0, 0.1) is 13.8 Å². The van der Waals surface area contributed by atoms with E-state index in [4.69, 9.17) is 4.74 Å². The summed E-state index contributed by atoms with van der Waals surface area (Å²) in [5, 5.41) is 9.54. The maximum atomic E-state index is 11.7. The van der Waals surface area contributed by atoms with Gasteiger partial charge in [-0.25, -0.2) is 14.8 Å². The maximum Gasteiger partial charge on any atom is 0.339 e. The predicted molar refractivity (Wildman–Crippen MR) is 110 cm³/mol. The number of carboxylic acid groups (broad SMARTS) is 1. The lowest BCUT2D eigenvalue weighted by Gasteiger charge is -2.29. The van der Waals surface area contributed by atoms with E-state index in [0.717, 1.165) is 29.8 Å². The van der Waals surface area contributed by atoms with Gasteiger partial charge in [0.2, 0.25) is 5.95 Å². The molecule has 2 aromatic carbocycles. The molecule has 0 fully saturated rings.